The number of rotatable bonds is 7. The van der Waals surface area contributed by atoms with Crippen molar-refractivity contribution >= 4 is 15.7 Å². The summed E-state index contributed by atoms with van der Waals surface area (Å²) < 4.78 is 31.2. The van der Waals surface area contributed by atoms with Crippen molar-refractivity contribution in [3.63, 3.8) is 0 Å². The van der Waals surface area contributed by atoms with E-state index < -0.39 is 10.0 Å². The Morgan fingerprint density at radius 1 is 1.19 bits per heavy atom. The molecular formula is C19H25N3O3S. The number of fused-ring (bicyclic) bond motifs is 1. The third kappa shape index (κ3) is 5.20. The summed E-state index contributed by atoms with van der Waals surface area (Å²) >= 11 is 0. The first-order valence-corrected chi connectivity index (χ1v) is 10.6. The van der Waals surface area contributed by atoms with Gasteiger partial charge >= 0.3 is 0 Å². The van der Waals surface area contributed by atoms with Gasteiger partial charge in [0.2, 0.25) is 10.0 Å². The average Bonchev–Trinajstić information content (AvgIpc) is 2.61. The lowest BCUT2D eigenvalue weighted by molar-refractivity contribution is 0.201. The van der Waals surface area contributed by atoms with Crippen LogP contribution < -0.4 is 20.1 Å². The van der Waals surface area contributed by atoms with Crippen LogP contribution in [0.4, 0.5) is 5.69 Å². The van der Waals surface area contributed by atoms with Gasteiger partial charge in [-0.05, 0) is 30.2 Å². The Labute approximate surface area is 155 Å². The van der Waals surface area contributed by atoms with Crippen molar-refractivity contribution in [2.75, 3.05) is 24.7 Å². The number of ether oxygens (including phenoxy) is 1. The highest BCUT2D eigenvalue weighted by atomic mass is 32.2. The molecule has 0 bridgehead atoms. The number of sulfonamides is 1. The topological polar surface area (TPSA) is 79.5 Å². The molecule has 1 aliphatic heterocycles. The Balaban J connectivity index is 1.47. The van der Waals surface area contributed by atoms with E-state index in [9.17, 15) is 8.42 Å². The second kappa shape index (κ2) is 8.07. The van der Waals surface area contributed by atoms with Gasteiger partial charge in [0.1, 0.15) is 11.9 Å². The molecule has 2 aromatic rings. The third-order valence-electron chi connectivity index (χ3n) is 4.27. The molecule has 0 aromatic heterocycles. The quantitative estimate of drug-likeness (QED) is 0.692. The fourth-order valence-electron chi connectivity index (χ4n) is 2.97. The lowest BCUT2D eigenvalue weighted by atomic mass is 10.1. The molecule has 0 aliphatic carbocycles. The van der Waals surface area contributed by atoms with E-state index in [1.54, 1.807) is 0 Å². The van der Waals surface area contributed by atoms with Crippen molar-refractivity contribution in [1.29, 1.82) is 0 Å². The number of para-hydroxylation sites is 2. The molecule has 2 aromatic carbocycles. The summed E-state index contributed by atoms with van der Waals surface area (Å²) in [4.78, 5) is 0. The number of benzene rings is 2. The molecule has 26 heavy (non-hydrogen) atoms. The van der Waals surface area contributed by atoms with Gasteiger partial charge in [-0.2, -0.15) is 0 Å². The highest BCUT2D eigenvalue weighted by Gasteiger charge is 2.18. The standard InChI is InChI=1S/C19H25N3O3S/c1-14(22-26(2,23)24)16-9-7-15(8-10-16)11-20-12-17-13-21-18-5-3-4-6-19(18)25-17/h3-10,14,17,20-22H,11-13H2,1-2H3/t14-,17?/m1/s1. The van der Waals surface area contributed by atoms with E-state index in [0.29, 0.717) is 0 Å². The Kier molecular flexibility index (Phi) is 5.80. The van der Waals surface area contributed by atoms with E-state index in [1.807, 2.05) is 55.5 Å². The average molecular weight is 375 g/mol. The van der Waals surface area contributed by atoms with Crippen LogP contribution in [0.25, 0.3) is 0 Å². The SMILES string of the molecule is C[C@@H](NS(C)(=O)=O)c1ccc(CNCC2CNc3ccccc3O2)cc1. The first kappa shape index (κ1) is 18.7. The van der Waals surface area contributed by atoms with Crippen molar-refractivity contribution in [3.8, 4) is 5.75 Å². The molecular weight excluding hydrogens is 350 g/mol. The van der Waals surface area contributed by atoms with E-state index in [2.05, 4.69) is 15.4 Å². The molecule has 0 fully saturated rings. The van der Waals surface area contributed by atoms with Gasteiger partial charge in [0.15, 0.2) is 0 Å². The van der Waals surface area contributed by atoms with Gasteiger partial charge in [0.25, 0.3) is 0 Å². The minimum atomic E-state index is -3.21. The Bertz CT molecular complexity index is 837. The Morgan fingerprint density at radius 2 is 1.92 bits per heavy atom. The summed E-state index contributed by atoms with van der Waals surface area (Å²) in [5.74, 6) is 0.891. The van der Waals surface area contributed by atoms with Crippen molar-refractivity contribution < 1.29 is 13.2 Å². The monoisotopic (exact) mass is 375 g/mol. The molecule has 0 saturated carbocycles. The molecule has 3 N–H and O–H groups in total. The largest absolute Gasteiger partial charge is 0.485 e. The zero-order valence-corrected chi connectivity index (χ0v) is 15.8. The summed E-state index contributed by atoms with van der Waals surface area (Å²) in [5.41, 5.74) is 3.12. The van der Waals surface area contributed by atoms with Crippen molar-refractivity contribution in [2.45, 2.75) is 25.6 Å². The summed E-state index contributed by atoms with van der Waals surface area (Å²) in [5, 5.41) is 6.79. The molecule has 1 aliphatic rings. The first-order chi connectivity index (χ1) is 12.4. The zero-order valence-electron chi connectivity index (χ0n) is 15.0. The third-order valence-corrected chi connectivity index (χ3v) is 5.05. The van der Waals surface area contributed by atoms with E-state index in [1.165, 1.54) is 6.26 Å². The highest BCUT2D eigenvalue weighted by molar-refractivity contribution is 7.88. The van der Waals surface area contributed by atoms with Crippen LogP contribution in [-0.2, 0) is 16.6 Å². The van der Waals surface area contributed by atoms with Crippen LogP contribution in [0.3, 0.4) is 0 Å². The minimum Gasteiger partial charge on any atom is -0.485 e. The van der Waals surface area contributed by atoms with Gasteiger partial charge in [0, 0.05) is 19.1 Å². The maximum absolute atomic E-state index is 11.3. The normalized spacial score (nSPS) is 17.7. The minimum absolute atomic E-state index is 0.0863. The van der Waals surface area contributed by atoms with Gasteiger partial charge < -0.3 is 15.4 Å². The van der Waals surface area contributed by atoms with Crippen LogP contribution in [0.15, 0.2) is 48.5 Å². The lowest BCUT2D eigenvalue weighted by Crippen LogP contribution is -2.39. The van der Waals surface area contributed by atoms with Gasteiger partial charge in [-0.1, -0.05) is 36.4 Å². The Morgan fingerprint density at radius 3 is 2.65 bits per heavy atom. The number of hydrogen-bond acceptors (Lipinski definition) is 5. The molecule has 1 heterocycles. The zero-order chi connectivity index (χ0) is 18.6. The maximum atomic E-state index is 11.3. The fourth-order valence-corrected chi connectivity index (χ4v) is 3.74. The summed E-state index contributed by atoms with van der Waals surface area (Å²) in [6.07, 6.45) is 1.26. The second-order valence-electron chi connectivity index (χ2n) is 6.60. The molecule has 6 nitrogen and oxygen atoms in total. The molecule has 7 heteroatoms. The van der Waals surface area contributed by atoms with Crippen LogP contribution in [0.5, 0.6) is 5.75 Å². The number of hydrogen-bond donors (Lipinski definition) is 3. The van der Waals surface area contributed by atoms with Crippen LogP contribution in [0, 0.1) is 0 Å². The molecule has 0 radical (unpaired) electrons. The van der Waals surface area contributed by atoms with Crippen LogP contribution >= 0.6 is 0 Å². The van der Waals surface area contributed by atoms with E-state index in [-0.39, 0.29) is 12.1 Å². The van der Waals surface area contributed by atoms with Crippen LogP contribution in [0.1, 0.15) is 24.1 Å². The number of anilines is 1. The second-order valence-corrected chi connectivity index (χ2v) is 8.38. The smallest absolute Gasteiger partial charge is 0.209 e. The van der Waals surface area contributed by atoms with Crippen molar-refractivity contribution in [2.24, 2.45) is 0 Å². The van der Waals surface area contributed by atoms with E-state index in [0.717, 1.165) is 42.2 Å². The summed E-state index contributed by atoms with van der Waals surface area (Å²) in [7, 11) is -3.21. The molecule has 0 amide bonds. The van der Waals surface area contributed by atoms with Crippen LogP contribution in [-0.4, -0.2) is 33.9 Å². The predicted octanol–water partition coefficient (Wildman–Crippen LogP) is 2.26. The lowest BCUT2D eigenvalue weighted by Gasteiger charge is -2.27. The molecule has 0 saturated heterocycles. The van der Waals surface area contributed by atoms with Gasteiger partial charge in [-0.25, -0.2) is 13.1 Å². The number of nitrogens with one attached hydrogen (secondary N) is 3. The van der Waals surface area contributed by atoms with Crippen molar-refractivity contribution in [3.05, 3.63) is 59.7 Å². The molecule has 2 atom stereocenters. The predicted molar refractivity (Wildman–Crippen MR) is 104 cm³/mol. The molecule has 3 rings (SSSR count). The van der Waals surface area contributed by atoms with Gasteiger partial charge in [0.05, 0.1) is 18.5 Å². The van der Waals surface area contributed by atoms with Crippen LogP contribution in [0.2, 0.25) is 0 Å². The van der Waals surface area contributed by atoms with Crippen molar-refractivity contribution in [1.82, 2.24) is 10.0 Å². The van der Waals surface area contributed by atoms with Gasteiger partial charge in [-0.15, -0.1) is 0 Å². The fraction of sp³-hybridized carbons (Fsp3) is 0.368. The summed E-state index contributed by atoms with van der Waals surface area (Å²) in [6, 6.07) is 15.6. The van der Waals surface area contributed by atoms with Gasteiger partial charge in [-0.3, -0.25) is 0 Å². The molecule has 1 unspecified atom stereocenters. The first-order valence-electron chi connectivity index (χ1n) is 8.67. The molecule has 140 valence electrons. The van der Waals surface area contributed by atoms with E-state index in [4.69, 9.17) is 4.74 Å². The van der Waals surface area contributed by atoms with E-state index >= 15 is 0 Å². The maximum Gasteiger partial charge on any atom is 0.209 e. The highest BCUT2D eigenvalue weighted by Crippen LogP contribution is 2.27. The Hall–Kier alpha value is -2.09. The summed E-state index contributed by atoms with van der Waals surface area (Å²) in [6.45, 7) is 4.09. The molecule has 0 spiro atoms.